The monoisotopic (exact) mass is 272 g/mol. The Hall–Kier alpha value is -1.60. The zero-order valence-electron chi connectivity index (χ0n) is 10.0. The Morgan fingerprint density at radius 2 is 2.06 bits per heavy atom. The number of nitrogens with one attached hydrogen (secondary N) is 2. The van der Waals surface area contributed by atoms with Crippen LogP contribution in [0.25, 0.3) is 0 Å². The lowest BCUT2D eigenvalue weighted by Gasteiger charge is -2.06. The first-order chi connectivity index (χ1) is 8.44. The minimum absolute atomic E-state index is 0.00744. The molecular formula is C11H16N2O4S. The molecule has 0 saturated carbocycles. The zero-order valence-corrected chi connectivity index (χ0v) is 10.8. The van der Waals surface area contributed by atoms with Crippen LogP contribution in [0.1, 0.15) is 17.3 Å². The van der Waals surface area contributed by atoms with Crippen LogP contribution in [0.2, 0.25) is 0 Å². The molecule has 0 atom stereocenters. The molecule has 1 aromatic rings. The summed E-state index contributed by atoms with van der Waals surface area (Å²) in [4.78, 5) is 11.6. The quantitative estimate of drug-likeness (QED) is 0.638. The molecule has 0 aliphatic carbocycles. The lowest BCUT2D eigenvalue weighted by atomic mass is 10.2. The average molecular weight is 272 g/mol. The molecule has 0 heterocycles. The van der Waals surface area contributed by atoms with E-state index in [0.717, 1.165) is 0 Å². The first kappa shape index (κ1) is 14.5. The van der Waals surface area contributed by atoms with Gasteiger partial charge < -0.3 is 10.4 Å². The van der Waals surface area contributed by atoms with E-state index in [-0.39, 0.29) is 30.5 Å². The van der Waals surface area contributed by atoms with E-state index in [1.165, 1.54) is 19.1 Å². The van der Waals surface area contributed by atoms with Crippen molar-refractivity contribution in [2.24, 2.45) is 0 Å². The van der Waals surface area contributed by atoms with E-state index in [9.17, 15) is 18.3 Å². The Kier molecular flexibility index (Phi) is 5.11. The summed E-state index contributed by atoms with van der Waals surface area (Å²) in [5.74, 6) is -0.344. The van der Waals surface area contributed by atoms with Crippen LogP contribution in [0.5, 0.6) is 5.75 Å². The number of sulfonamides is 1. The number of phenols is 1. The highest BCUT2D eigenvalue weighted by molar-refractivity contribution is 7.89. The lowest BCUT2D eigenvalue weighted by molar-refractivity contribution is 0.0954. The highest BCUT2D eigenvalue weighted by Gasteiger charge is 2.07. The largest absolute Gasteiger partial charge is 0.508 e. The van der Waals surface area contributed by atoms with Gasteiger partial charge in [-0.1, -0.05) is 6.07 Å². The van der Waals surface area contributed by atoms with Crippen molar-refractivity contribution in [2.75, 3.05) is 18.8 Å². The molecule has 0 radical (unpaired) electrons. The second-order valence-electron chi connectivity index (χ2n) is 3.60. The molecule has 0 spiro atoms. The molecule has 1 amide bonds. The molecule has 1 rings (SSSR count). The maximum absolute atomic E-state index is 11.6. The minimum Gasteiger partial charge on any atom is -0.508 e. The molecule has 0 aliphatic heterocycles. The summed E-state index contributed by atoms with van der Waals surface area (Å²) in [7, 11) is -3.23. The number of hydrogen-bond acceptors (Lipinski definition) is 4. The predicted octanol–water partition coefficient (Wildman–Crippen LogP) is 0.0613. The molecule has 100 valence electrons. The number of carbonyl (C=O) groups is 1. The Morgan fingerprint density at radius 3 is 2.67 bits per heavy atom. The van der Waals surface area contributed by atoms with Crippen LogP contribution in [0.4, 0.5) is 0 Å². The summed E-state index contributed by atoms with van der Waals surface area (Å²) in [6.07, 6.45) is 0. The summed E-state index contributed by atoms with van der Waals surface area (Å²) >= 11 is 0. The molecule has 0 saturated heterocycles. The maximum Gasteiger partial charge on any atom is 0.251 e. The fourth-order valence-corrected chi connectivity index (χ4v) is 1.85. The Morgan fingerprint density at radius 1 is 1.33 bits per heavy atom. The number of hydrogen-bond donors (Lipinski definition) is 3. The topological polar surface area (TPSA) is 95.5 Å². The van der Waals surface area contributed by atoms with E-state index in [2.05, 4.69) is 10.0 Å². The Balaban J connectivity index is 2.39. The molecule has 6 nitrogen and oxygen atoms in total. The normalized spacial score (nSPS) is 11.2. The van der Waals surface area contributed by atoms with Crippen LogP contribution in [0, 0.1) is 0 Å². The van der Waals surface area contributed by atoms with Gasteiger partial charge in [0.05, 0.1) is 5.75 Å². The SMILES string of the molecule is CCS(=O)(=O)NCCNC(=O)c1cccc(O)c1. The summed E-state index contributed by atoms with van der Waals surface area (Å²) in [5.41, 5.74) is 0.327. The number of rotatable bonds is 6. The Labute approximate surface area is 106 Å². The van der Waals surface area contributed by atoms with Crippen molar-refractivity contribution >= 4 is 15.9 Å². The lowest BCUT2D eigenvalue weighted by Crippen LogP contribution is -2.35. The first-order valence-electron chi connectivity index (χ1n) is 5.49. The molecule has 3 N–H and O–H groups in total. The van der Waals surface area contributed by atoms with Crippen LogP contribution >= 0.6 is 0 Å². The van der Waals surface area contributed by atoms with E-state index in [0.29, 0.717) is 5.56 Å². The van der Waals surface area contributed by atoms with Crippen molar-refractivity contribution in [2.45, 2.75) is 6.92 Å². The number of phenolic OH excluding ortho intramolecular Hbond substituents is 1. The van der Waals surface area contributed by atoms with Gasteiger partial charge >= 0.3 is 0 Å². The standard InChI is InChI=1S/C11H16N2O4S/c1-2-18(16,17)13-7-6-12-11(15)9-4-3-5-10(14)8-9/h3-5,8,13-14H,2,6-7H2,1H3,(H,12,15). The van der Waals surface area contributed by atoms with E-state index in [4.69, 9.17) is 0 Å². The van der Waals surface area contributed by atoms with Crippen LogP contribution in [-0.2, 0) is 10.0 Å². The molecule has 18 heavy (non-hydrogen) atoms. The second-order valence-corrected chi connectivity index (χ2v) is 5.70. The van der Waals surface area contributed by atoms with Crippen LogP contribution in [-0.4, -0.2) is 38.3 Å². The Bertz CT molecular complexity index is 514. The van der Waals surface area contributed by atoms with Gasteiger partial charge in [0, 0.05) is 18.7 Å². The van der Waals surface area contributed by atoms with E-state index < -0.39 is 10.0 Å². The van der Waals surface area contributed by atoms with E-state index in [1.54, 1.807) is 12.1 Å². The third-order valence-electron chi connectivity index (χ3n) is 2.22. The molecule has 1 aromatic carbocycles. The number of aromatic hydroxyl groups is 1. The predicted molar refractivity (Wildman–Crippen MR) is 67.9 cm³/mol. The molecule has 0 aliphatic rings. The maximum atomic E-state index is 11.6. The summed E-state index contributed by atoms with van der Waals surface area (Å²) in [5, 5.41) is 11.7. The number of amides is 1. The van der Waals surface area contributed by atoms with Crippen molar-refractivity contribution in [1.82, 2.24) is 10.0 Å². The van der Waals surface area contributed by atoms with Crippen molar-refractivity contribution in [1.29, 1.82) is 0 Å². The van der Waals surface area contributed by atoms with Gasteiger partial charge in [0.1, 0.15) is 5.75 Å². The molecular weight excluding hydrogens is 256 g/mol. The molecule has 0 unspecified atom stereocenters. The average Bonchev–Trinajstić information content (AvgIpc) is 2.34. The van der Waals surface area contributed by atoms with Gasteiger partial charge in [0.25, 0.3) is 5.91 Å². The zero-order chi connectivity index (χ0) is 13.6. The van der Waals surface area contributed by atoms with Crippen molar-refractivity contribution < 1.29 is 18.3 Å². The molecule has 0 aromatic heterocycles. The van der Waals surface area contributed by atoms with Gasteiger partial charge in [-0.15, -0.1) is 0 Å². The highest BCUT2D eigenvalue weighted by Crippen LogP contribution is 2.10. The molecule has 7 heteroatoms. The van der Waals surface area contributed by atoms with Crippen LogP contribution in [0.15, 0.2) is 24.3 Å². The van der Waals surface area contributed by atoms with Gasteiger partial charge in [-0.2, -0.15) is 0 Å². The van der Waals surface area contributed by atoms with Gasteiger partial charge in [0.15, 0.2) is 0 Å². The van der Waals surface area contributed by atoms with E-state index >= 15 is 0 Å². The first-order valence-corrected chi connectivity index (χ1v) is 7.14. The number of benzene rings is 1. The van der Waals surface area contributed by atoms with Crippen LogP contribution in [0.3, 0.4) is 0 Å². The fourth-order valence-electron chi connectivity index (χ4n) is 1.23. The third-order valence-corrected chi connectivity index (χ3v) is 3.62. The molecule has 0 fully saturated rings. The fraction of sp³-hybridized carbons (Fsp3) is 0.364. The van der Waals surface area contributed by atoms with E-state index in [1.807, 2.05) is 0 Å². The summed E-state index contributed by atoms with van der Waals surface area (Å²) in [6, 6.07) is 5.92. The highest BCUT2D eigenvalue weighted by atomic mass is 32.2. The summed E-state index contributed by atoms with van der Waals surface area (Å²) < 4.78 is 24.5. The van der Waals surface area contributed by atoms with Crippen LogP contribution < -0.4 is 10.0 Å². The van der Waals surface area contributed by atoms with Gasteiger partial charge in [-0.25, -0.2) is 13.1 Å². The number of carbonyl (C=O) groups excluding carboxylic acids is 1. The van der Waals surface area contributed by atoms with Gasteiger partial charge in [0.2, 0.25) is 10.0 Å². The van der Waals surface area contributed by atoms with Crippen molar-refractivity contribution in [3.63, 3.8) is 0 Å². The minimum atomic E-state index is -3.23. The summed E-state index contributed by atoms with van der Waals surface area (Å²) in [6.45, 7) is 1.86. The van der Waals surface area contributed by atoms with Gasteiger partial charge in [-0.05, 0) is 25.1 Å². The van der Waals surface area contributed by atoms with Crippen molar-refractivity contribution in [3.8, 4) is 5.75 Å². The molecule has 0 bridgehead atoms. The smallest absolute Gasteiger partial charge is 0.251 e. The van der Waals surface area contributed by atoms with Gasteiger partial charge in [-0.3, -0.25) is 4.79 Å². The third kappa shape index (κ3) is 4.72. The van der Waals surface area contributed by atoms with Crippen molar-refractivity contribution in [3.05, 3.63) is 29.8 Å². The second kappa shape index (κ2) is 6.36.